The Hall–Kier alpha value is -5.76. The van der Waals surface area contributed by atoms with Crippen LogP contribution in [0, 0.1) is 25.6 Å². The standard InChI is InChI=1S/C28H29FN4OS.C25H31ClN4OS/c1-21-11-13-23(14-12-21)20-35-28-32-31-26(33(28)25-7-3-2-4-8-25)9-5-6-10-27(34)30-19-22-15-17-24(29)18-16-22;1-18(2)16-27-24(31)14-7-6-13-23-28-29-25(30(23)22-12-8-11-21(26)15-22)32-17-20-10-5-4-9-19(20)3/h2-4,7-8,11-18H,5-6,9-10,19-20H2,1H3,(H,30,34);4-5,8-12,15,18H,6-7,13-14,16-17H2,1-3H3,(H,27,31). The molecule has 0 aliphatic carbocycles. The lowest BCUT2D eigenvalue weighted by molar-refractivity contribution is -0.122. The van der Waals surface area contributed by atoms with Gasteiger partial charge in [-0.3, -0.25) is 18.7 Å². The average Bonchev–Trinajstić information content (AvgIpc) is 3.94. The molecule has 67 heavy (non-hydrogen) atoms. The molecule has 7 aromatic rings. The van der Waals surface area contributed by atoms with Crippen molar-refractivity contribution in [2.75, 3.05) is 6.54 Å². The quantitative estimate of drug-likeness (QED) is 0.0509. The smallest absolute Gasteiger partial charge is 0.220 e. The number of nitrogens with one attached hydrogen (secondary N) is 2. The van der Waals surface area contributed by atoms with Gasteiger partial charge >= 0.3 is 0 Å². The Morgan fingerprint density at radius 2 is 1.19 bits per heavy atom. The number of aryl methyl sites for hydroxylation is 4. The first-order valence-corrected chi connectivity index (χ1v) is 25.2. The van der Waals surface area contributed by atoms with Gasteiger partial charge in [0.1, 0.15) is 17.5 Å². The number of hydrogen-bond donors (Lipinski definition) is 2. The third-order valence-electron chi connectivity index (χ3n) is 10.8. The molecule has 0 aliphatic rings. The van der Waals surface area contributed by atoms with Gasteiger partial charge in [0, 0.05) is 61.0 Å². The maximum Gasteiger partial charge on any atom is 0.220 e. The number of benzene rings is 5. The molecule has 5 aromatic carbocycles. The van der Waals surface area contributed by atoms with Crippen molar-refractivity contribution in [3.05, 3.63) is 178 Å². The van der Waals surface area contributed by atoms with E-state index in [9.17, 15) is 14.0 Å². The molecule has 2 N–H and O–H groups in total. The van der Waals surface area contributed by atoms with Crippen LogP contribution < -0.4 is 10.6 Å². The number of para-hydroxylation sites is 1. The number of nitrogens with zero attached hydrogens (tertiary/aromatic N) is 6. The zero-order chi connectivity index (χ0) is 47.4. The Morgan fingerprint density at radius 3 is 1.82 bits per heavy atom. The Kier molecular flexibility index (Phi) is 20.1. The predicted octanol–water partition coefficient (Wildman–Crippen LogP) is 12.0. The van der Waals surface area contributed by atoms with Crippen molar-refractivity contribution in [3.63, 3.8) is 0 Å². The fourth-order valence-corrected chi connectivity index (χ4v) is 9.16. The van der Waals surface area contributed by atoms with Crippen LogP contribution in [0.15, 0.2) is 138 Å². The Morgan fingerprint density at radius 1 is 0.627 bits per heavy atom. The summed E-state index contributed by atoms with van der Waals surface area (Å²) in [6.07, 6.45) is 5.73. The predicted molar refractivity (Wildman–Crippen MR) is 270 cm³/mol. The molecule has 14 heteroatoms. The summed E-state index contributed by atoms with van der Waals surface area (Å²) in [4.78, 5) is 24.2. The molecule has 0 unspecified atom stereocenters. The van der Waals surface area contributed by atoms with Gasteiger partial charge < -0.3 is 10.6 Å². The van der Waals surface area contributed by atoms with Crippen LogP contribution in [-0.2, 0) is 40.5 Å². The summed E-state index contributed by atoms with van der Waals surface area (Å²) in [6.45, 7) is 9.53. The summed E-state index contributed by atoms with van der Waals surface area (Å²) in [6, 6.07) is 41.0. The second-order valence-corrected chi connectivity index (χ2v) is 19.1. The minimum absolute atomic E-state index is 0.00630. The monoisotopic (exact) mass is 958 g/mol. The Labute approximate surface area is 408 Å². The second kappa shape index (κ2) is 26.5. The van der Waals surface area contributed by atoms with Gasteiger partial charge in [-0.1, -0.05) is 139 Å². The summed E-state index contributed by atoms with van der Waals surface area (Å²) < 4.78 is 17.2. The third-order valence-corrected chi connectivity index (χ3v) is 13.0. The van der Waals surface area contributed by atoms with Gasteiger partial charge in [-0.15, -0.1) is 20.4 Å². The lowest BCUT2D eigenvalue weighted by Gasteiger charge is -2.11. The van der Waals surface area contributed by atoms with Crippen LogP contribution in [0.2, 0.25) is 5.02 Å². The zero-order valence-electron chi connectivity index (χ0n) is 38.8. The summed E-state index contributed by atoms with van der Waals surface area (Å²) in [7, 11) is 0. The van der Waals surface area contributed by atoms with E-state index < -0.39 is 0 Å². The van der Waals surface area contributed by atoms with Gasteiger partial charge in [-0.25, -0.2) is 4.39 Å². The molecule has 2 heterocycles. The number of carbonyl (C=O) groups excluding carboxylic acids is 2. The molecule has 0 saturated carbocycles. The largest absolute Gasteiger partial charge is 0.356 e. The van der Waals surface area contributed by atoms with E-state index in [1.807, 2.05) is 42.5 Å². The van der Waals surface area contributed by atoms with Gasteiger partial charge in [0.05, 0.1) is 5.69 Å². The van der Waals surface area contributed by atoms with Crippen LogP contribution in [0.5, 0.6) is 0 Å². The zero-order valence-corrected chi connectivity index (χ0v) is 41.1. The molecule has 7 rings (SSSR count). The summed E-state index contributed by atoms with van der Waals surface area (Å²) >= 11 is 9.61. The molecular weight excluding hydrogens is 899 g/mol. The van der Waals surface area contributed by atoms with Crippen LogP contribution in [-0.4, -0.2) is 47.9 Å². The van der Waals surface area contributed by atoms with Crippen LogP contribution in [0.1, 0.15) is 91.8 Å². The average molecular weight is 960 g/mol. The second-order valence-electron chi connectivity index (χ2n) is 16.8. The first kappa shape index (κ1) is 50.6. The van der Waals surface area contributed by atoms with E-state index in [0.29, 0.717) is 30.3 Å². The molecule has 0 radical (unpaired) electrons. The fourth-order valence-electron chi connectivity index (χ4n) is 7.00. The highest BCUT2D eigenvalue weighted by molar-refractivity contribution is 7.98. The van der Waals surface area contributed by atoms with Gasteiger partial charge in [0.15, 0.2) is 10.3 Å². The molecule has 0 aliphatic heterocycles. The van der Waals surface area contributed by atoms with E-state index in [-0.39, 0.29) is 17.6 Å². The van der Waals surface area contributed by atoms with Crippen LogP contribution in [0.4, 0.5) is 4.39 Å². The molecule has 10 nitrogen and oxygen atoms in total. The molecule has 0 atom stereocenters. The number of rotatable bonds is 22. The number of amides is 2. The number of thioether (sulfide) groups is 2. The van der Waals surface area contributed by atoms with Crippen LogP contribution in [0.25, 0.3) is 11.4 Å². The topological polar surface area (TPSA) is 120 Å². The molecule has 0 saturated heterocycles. The maximum atomic E-state index is 13.0. The summed E-state index contributed by atoms with van der Waals surface area (Å²) in [5.74, 6) is 3.72. The Bertz CT molecular complexity index is 2620. The van der Waals surface area contributed by atoms with Gasteiger partial charge in [-0.2, -0.15) is 0 Å². The van der Waals surface area contributed by atoms with Crippen molar-refractivity contribution >= 4 is 46.9 Å². The maximum absolute atomic E-state index is 13.0. The van der Waals surface area contributed by atoms with Crippen LogP contribution >= 0.6 is 35.1 Å². The molecule has 0 fully saturated rings. The lowest BCUT2D eigenvalue weighted by Crippen LogP contribution is -2.26. The van der Waals surface area contributed by atoms with E-state index in [0.717, 1.165) is 95.5 Å². The van der Waals surface area contributed by atoms with E-state index >= 15 is 0 Å². The van der Waals surface area contributed by atoms with Crippen molar-refractivity contribution < 1.29 is 14.0 Å². The molecule has 2 amide bonds. The van der Waals surface area contributed by atoms with E-state index in [2.05, 4.69) is 129 Å². The molecule has 350 valence electrons. The van der Waals surface area contributed by atoms with Crippen molar-refractivity contribution in [2.24, 2.45) is 5.92 Å². The minimum Gasteiger partial charge on any atom is -0.356 e. The molecule has 0 spiro atoms. The molecule has 2 aromatic heterocycles. The highest BCUT2D eigenvalue weighted by atomic mass is 35.5. The van der Waals surface area contributed by atoms with Crippen LogP contribution in [0.3, 0.4) is 0 Å². The third kappa shape index (κ3) is 16.5. The lowest BCUT2D eigenvalue weighted by atomic mass is 10.1. The first-order valence-electron chi connectivity index (χ1n) is 22.9. The van der Waals surface area contributed by atoms with E-state index in [1.165, 1.54) is 34.4 Å². The summed E-state index contributed by atoms with van der Waals surface area (Å²) in [5.41, 5.74) is 7.92. The van der Waals surface area contributed by atoms with Crippen molar-refractivity contribution in [2.45, 2.75) is 107 Å². The highest BCUT2D eigenvalue weighted by Crippen LogP contribution is 2.29. The first-order chi connectivity index (χ1) is 32.5. The number of halogens is 2. The SMILES string of the molecule is Cc1ccc(CSc2nnc(CCCCC(=O)NCc3ccc(F)cc3)n2-c2ccccc2)cc1.Cc1ccccc1CSc1nnc(CCCCC(=O)NCC(C)C)n1-c1cccc(Cl)c1. The van der Waals surface area contributed by atoms with Crippen molar-refractivity contribution in [3.8, 4) is 11.4 Å². The number of carbonyl (C=O) groups is 2. The molecule has 0 bridgehead atoms. The summed E-state index contributed by atoms with van der Waals surface area (Å²) in [5, 5.41) is 26.2. The number of hydrogen-bond acceptors (Lipinski definition) is 8. The number of unbranched alkanes of at least 4 members (excludes halogenated alkanes) is 2. The normalized spacial score (nSPS) is 11.0. The van der Waals surface area contributed by atoms with Crippen molar-refractivity contribution in [1.29, 1.82) is 0 Å². The highest BCUT2D eigenvalue weighted by Gasteiger charge is 2.17. The Balaban J connectivity index is 0.000000222. The minimum atomic E-state index is -0.278. The fraction of sp³-hybridized carbons (Fsp3) is 0.321. The van der Waals surface area contributed by atoms with Crippen molar-refractivity contribution in [1.82, 2.24) is 40.2 Å². The van der Waals surface area contributed by atoms with Gasteiger partial charge in [-0.05, 0) is 110 Å². The van der Waals surface area contributed by atoms with Gasteiger partial charge in [0.2, 0.25) is 11.8 Å². The van der Waals surface area contributed by atoms with Gasteiger partial charge in [0.25, 0.3) is 0 Å². The molecular formula is C53H60ClFN8O2S2. The number of aromatic nitrogens is 6. The van der Waals surface area contributed by atoms with E-state index in [1.54, 1.807) is 35.7 Å². The van der Waals surface area contributed by atoms with E-state index in [4.69, 9.17) is 11.6 Å².